The van der Waals surface area contributed by atoms with E-state index in [0.717, 1.165) is 29.6 Å². The lowest BCUT2D eigenvalue weighted by Gasteiger charge is -2.26. The van der Waals surface area contributed by atoms with Crippen LogP contribution in [0.3, 0.4) is 0 Å². The largest absolute Gasteiger partial charge is 0.493 e. The second kappa shape index (κ2) is 5.28. The molecule has 25 heavy (non-hydrogen) atoms. The van der Waals surface area contributed by atoms with E-state index in [0.29, 0.717) is 12.2 Å². The monoisotopic (exact) mass is 331 g/mol. The molecule has 1 aromatic heterocycles. The summed E-state index contributed by atoms with van der Waals surface area (Å²) < 4.78 is 5.76. The Bertz CT molecular complexity index is 987. The Hall–Kier alpha value is -2.95. The van der Waals surface area contributed by atoms with Crippen molar-refractivity contribution in [2.45, 2.75) is 24.3 Å². The van der Waals surface area contributed by atoms with E-state index in [4.69, 9.17) is 4.74 Å². The average molecular weight is 331 g/mol. The number of hydrogen-bond donors (Lipinski definition) is 1. The lowest BCUT2D eigenvalue weighted by atomic mass is 9.89. The maximum Gasteiger partial charge on any atom is 0.251 e. The lowest BCUT2D eigenvalue weighted by Crippen LogP contribution is -2.33. The number of benzene rings is 2. The molecular weight excluding hydrogens is 314 g/mol. The summed E-state index contributed by atoms with van der Waals surface area (Å²) in [6, 6.07) is 13.7. The van der Waals surface area contributed by atoms with E-state index >= 15 is 0 Å². The van der Waals surface area contributed by atoms with Crippen molar-refractivity contribution in [1.29, 1.82) is 0 Å². The highest BCUT2D eigenvalue weighted by molar-refractivity contribution is 5.97. The van der Waals surface area contributed by atoms with Crippen LogP contribution < -0.4 is 10.1 Å². The van der Waals surface area contributed by atoms with Crippen LogP contribution in [0.25, 0.3) is 11.0 Å². The molecule has 2 heterocycles. The molecule has 0 saturated heterocycles. The molecule has 1 saturated carbocycles. The van der Waals surface area contributed by atoms with Crippen LogP contribution in [-0.4, -0.2) is 28.5 Å². The van der Waals surface area contributed by atoms with Crippen molar-refractivity contribution in [2.75, 3.05) is 6.61 Å². The number of nitrogens with one attached hydrogen (secondary N) is 1. The van der Waals surface area contributed by atoms with Gasteiger partial charge in [0.25, 0.3) is 5.91 Å². The zero-order valence-corrected chi connectivity index (χ0v) is 13.6. The van der Waals surface area contributed by atoms with Crippen molar-refractivity contribution in [3.8, 4) is 5.75 Å². The van der Waals surface area contributed by atoms with Gasteiger partial charge in [0.1, 0.15) is 5.75 Å². The summed E-state index contributed by atoms with van der Waals surface area (Å²) in [5, 5.41) is 3.19. The van der Waals surface area contributed by atoms with Gasteiger partial charge in [0.05, 0.1) is 17.6 Å². The zero-order chi connectivity index (χ0) is 16.9. The van der Waals surface area contributed by atoms with E-state index in [1.807, 2.05) is 24.3 Å². The molecule has 1 N–H and O–H groups in total. The molecule has 5 nitrogen and oxygen atoms in total. The Balaban J connectivity index is 1.39. The number of ether oxygens (including phenoxy) is 1. The van der Waals surface area contributed by atoms with Crippen LogP contribution in [0.5, 0.6) is 5.75 Å². The van der Waals surface area contributed by atoms with Crippen LogP contribution in [0.4, 0.5) is 0 Å². The van der Waals surface area contributed by atoms with Crippen molar-refractivity contribution in [2.24, 2.45) is 0 Å². The molecule has 0 bridgehead atoms. The summed E-state index contributed by atoms with van der Waals surface area (Å²) in [5.41, 5.74) is 3.39. The van der Waals surface area contributed by atoms with Gasteiger partial charge in [-0.3, -0.25) is 14.8 Å². The quantitative estimate of drug-likeness (QED) is 0.784. The van der Waals surface area contributed by atoms with Crippen LogP contribution in [-0.2, 0) is 5.41 Å². The SMILES string of the molecule is O=C(N[C@@H]1C[C@]12CCOc1ccccc12)c1ccc2nccnc2c1. The molecule has 124 valence electrons. The first kappa shape index (κ1) is 14.4. The smallest absolute Gasteiger partial charge is 0.251 e. The molecular formula is C20H17N3O2. The predicted octanol–water partition coefficient (Wildman–Crippen LogP) is 2.85. The highest BCUT2D eigenvalue weighted by Crippen LogP contribution is 2.55. The Morgan fingerprint density at radius 1 is 1.12 bits per heavy atom. The van der Waals surface area contributed by atoms with Gasteiger partial charge in [-0.05, 0) is 37.1 Å². The van der Waals surface area contributed by atoms with Crippen molar-refractivity contribution >= 4 is 16.9 Å². The summed E-state index contributed by atoms with van der Waals surface area (Å²) in [6.45, 7) is 0.703. The second-order valence-electron chi connectivity index (χ2n) is 6.74. The Morgan fingerprint density at radius 3 is 2.88 bits per heavy atom. The van der Waals surface area contributed by atoms with Crippen molar-refractivity contribution in [1.82, 2.24) is 15.3 Å². The Morgan fingerprint density at radius 2 is 1.96 bits per heavy atom. The molecule has 5 heteroatoms. The molecule has 2 aliphatic rings. The number of nitrogens with zero attached hydrogens (tertiary/aromatic N) is 2. The third-order valence-electron chi connectivity index (χ3n) is 5.34. The Labute approximate surface area is 145 Å². The molecule has 1 spiro atoms. The number of rotatable bonds is 2. The first-order valence-electron chi connectivity index (χ1n) is 8.50. The summed E-state index contributed by atoms with van der Waals surface area (Å²) in [7, 11) is 0. The van der Waals surface area contributed by atoms with Gasteiger partial charge >= 0.3 is 0 Å². The standard InChI is InChI=1S/C20H17N3O2/c24-19(13-5-6-15-16(11-13)22-9-8-21-15)23-18-12-20(18)7-10-25-17-4-2-1-3-14(17)20/h1-6,8-9,11,18H,7,10,12H2,(H,23,24)/t18-,20+/m1/s1. The number of carbonyl (C=O) groups excluding carboxylic acids is 1. The van der Waals surface area contributed by atoms with Crippen molar-refractivity contribution in [3.63, 3.8) is 0 Å². The number of aromatic nitrogens is 2. The molecule has 1 amide bonds. The van der Waals surface area contributed by atoms with Gasteiger partial charge in [-0.2, -0.15) is 0 Å². The van der Waals surface area contributed by atoms with E-state index in [1.54, 1.807) is 24.5 Å². The molecule has 0 unspecified atom stereocenters. The van der Waals surface area contributed by atoms with E-state index < -0.39 is 0 Å². The zero-order valence-electron chi connectivity index (χ0n) is 13.6. The number of carbonyl (C=O) groups is 1. The molecule has 3 aromatic rings. The van der Waals surface area contributed by atoms with Gasteiger partial charge in [-0.25, -0.2) is 0 Å². The predicted molar refractivity (Wildman–Crippen MR) is 93.6 cm³/mol. The fourth-order valence-corrected chi connectivity index (χ4v) is 3.90. The van der Waals surface area contributed by atoms with Crippen LogP contribution >= 0.6 is 0 Å². The van der Waals surface area contributed by atoms with Crippen LogP contribution in [0, 0.1) is 0 Å². The third kappa shape index (κ3) is 2.27. The van der Waals surface area contributed by atoms with Crippen LogP contribution in [0.2, 0.25) is 0 Å². The molecule has 2 aromatic carbocycles. The molecule has 1 aliphatic carbocycles. The maximum atomic E-state index is 12.7. The molecule has 1 aliphatic heterocycles. The van der Waals surface area contributed by atoms with E-state index in [9.17, 15) is 4.79 Å². The van der Waals surface area contributed by atoms with Gasteiger partial charge in [-0.1, -0.05) is 18.2 Å². The molecule has 1 fully saturated rings. The van der Waals surface area contributed by atoms with E-state index in [1.165, 1.54) is 5.56 Å². The second-order valence-corrected chi connectivity index (χ2v) is 6.74. The normalized spacial score (nSPS) is 23.8. The minimum atomic E-state index is -0.0570. The first-order valence-corrected chi connectivity index (χ1v) is 8.50. The average Bonchev–Trinajstić information content (AvgIpc) is 3.34. The van der Waals surface area contributed by atoms with Crippen LogP contribution in [0.15, 0.2) is 54.9 Å². The number of para-hydroxylation sites is 1. The minimum absolute atomic E-state index is 0.0289. The van der Waals surface area contributed by atoms with Crippen molar-refractivity contribution in [3.05, 3.63) is 66.0 Å². The summed E-state index contributed by atoms with van der Waals surface area (Å²) in [4.78, 5) is 21.2. The highest BCUT2D eigenvalue weighted by Gasteiger charge is 2.58. The van der Waals surface area contributed by atoms with Gasteiger partial charge in [0.2, 0.25) is 0 Å². The fraction of sp³-hybridized carbons (Fsp3) is 0.250. The lowest BCUT2D eigenvalue weighted by molar-refractivity contribution is 0.0946. The Kier molecular flexibility index (Phi) is 3.04. The van der Waals surface area contributed by atoms with Crippen molar-refractivity contribution < 1.29 is 9.53 Å². The summed E-state index contributed by atoms with van der Waals surface area (Å²) >= 11 is 0. The topological polar surface area (TPSA) is 64.1 Å². The van der Waals surface area contributed by atoms with E-state index in [-0.39, 0.29) is 17.4 Å². The summed E-state index contributed by atoms with van der Waals surface area (Å²) in [6.07, 6.45) is 5.20. The van der Waals surface area contributed by atoms with E-state index in [2.05, 4.69) is 21.4 Å². The molecule has 0 radical (unpaired) electrons. The van der Waals surface area contributed by atoms with Gasteiger partial charge < -0.3 is 10.1 Å². The number of hydrogen-bond acceptors (Lipinski definition) is 4. The minimum Gasteiger partial charge on any atom is -0.493 e. The maximum absolute atomic E-state index is 12.7. The third-order valence-corrected chi connectivity index (χ3v) is 5.34. The molecule has 5 rings (SSSR count). The summed E-state index contributed by atoms with van der Waals surface area (Å²) in [5.74, 6) is 0.893. The van der Waals surface area contributed by atoms with Gasteiger partial charge in [0, 0.05) is 35.0 Å². The molecule has 2 atom stereocenters. The number of amides is 1. The fourth-order valence-electron chi connectivity index (χ4n) is 3.90. The van der Waals surface area contributed by atoms with Gasteiger partial charge in [0.15, 0.2) is 0 Å². The van der Waals surface area contributed by atoms with Gasteiger partial charge in [-0.15, -0.1) is 0 Å². The van der Waals surface area contributed by atoms with Crippen LogP contribution in [0.1, 0.15) is 28.8 Å². The highest BCUT2D eigenvalue weighted by atomic mass is 16.5. The first-order chi connectivity index (χ1) is 12.3. The number of fused-ring (bicyclic) bond motifs is 3.